The van der Waals surface area contributed by atoms with Crippen LogP contribution in [0.1, 0.15) is 18.9 Å². The number of aliphatic hydroxyl groups is 1. The van der Waals surface area contributed by atoms with Crippen LogP contribution in [0.4, 0.5) is 0 Å². The minimum Gasteiger partial charge on any atom is -0.488 e. The largest absolute Gasteiger partial charge is 0.488 e. The van der Waals surface area contributed by atoms with Gasteiger partial charge < -0.3 is 14.7 Å². The van der Waals surface area contributed by atoms with E-state index in [1.807, 2.05) is 25.1 Å². The van der Waals surface area contributed by atoms with E-state index in [2.05, 4.69) is 0 Å². The van der Waals surface area contributed by atoms with Gasteiger partial charge in [-0.25, -0.2) is 0 Å². The predicted octanol–water partition coefficient (Wildman–Crippen LogP) is 2.90. The Bertz CT molecular complexity index is 668. The van der Waals surface area contributed by atoms with Gasteiger partial charge in [0.2, 0.25) is 5.91 Å². The highest BCUT2D eigenvalue weighted by Crippen LogP contribution is 2.29. The van der Waals surface area contributed by atoms with Gasteiger partial charge in [0.15, 0.2) is 0 Å². The number of halogens is 1. The number of aliphatic hydroxyl groups excluding tert-OH is 1. The average molecular weight is 334 g/mol. The molecule has 23 heavy (non-hydrogen) atoms. The molecule has 1 saturated heterocycles. The van der Waals surface area contributed by atoms with Crippen LogP contribution >= 0.6 is 11.6 Å². The van der Waals surface area contributed by atoms with E-state index in [1.54, 1.807) is 23.1 Å². The van der Waals surface area contributed by atoms with Crippen molar-refractivity contribution in [2.24, 2.45) is 5.92 Å². The molecular formula is C18H20ClNO3. The number of amides is 1. The van der Waals surface area contributed by atoms with Gasteiger partial charge in [-0.1, -0.05) is 24.6 Å². The fourth-order valence-electron chi connectivity index (χ4n) is 2.80. The zero-order chi connectivity index (χ0) is 16.4. The quantitative estimate of drug-likeness (QED) is 0.847. The van der Waals surface area contributed by atoms with Crippen LogP contribution in [-0.4, -0.2) is 41.7 Å². The van der Waals surface area contributed by atoms with Crippen LogP contribution in [0.25, 0.3) is 6.08 Å². The van der Waals surface area contributed by atoms with Crippen LogP contribution in [-0.2, 0) is 4.79 Å². The van der Waals surface area contributed by atoms with E-state index in [9.17, 15) is 9.90 Å². The number of carbonyl (C=O) groups is 1. The van der Waals surface area contributed by atoms with Crippen LogP contribution in [0.5, 0.6) is 5.75 Å². The van der Waals surface area contributed by atoms with Gasteiger partial charge in [0.05, 0.1) is 6.10 Å². The average Bonchev–Trinajstić information content (AvgIpc) is 2.54. The van der Waals surface area contributed by atoms with Gasteiger partial charge in [0.25, 0.3) is 0 Å². The summed E-state index contributed by atoms with van der Waals surface area (Å²) in [5.41, 5.74) is 1.83. The van der Waals surface area contributed by atoms with Crippen molar-refractivity contribution < 1.29 is 14.6 Å². The van der Waals surface area contributed by atoms with Crippen LogP contribution in [0.3, 0.4) is 0 Å². The number of piperidine rings is 1. The number of ether oxygens (including phenoxy) is 1. The zero-order valence-corrected chi connectivity index (χ0v) is 13.8. The molecule has 1 fully saturated rings. The molecule has 1 N–H and O–H groups in total. The van der Waals surface area contributed by atoms with Gasteiger partial charge >= 0.3 is 0 Å². The summed E-state index contributed by atoms with van der Waals surface area (Å²) in [6.07, 6.45) is 5.69. The fraction of sp³-hybridized carbons (Fsp3) is 0.389. The molecule has 5 heteroatoms. The minimum absolute atomic E-state index is 0.0752. The highest BCUT2D eigenvalue weighted by molar-refractivity contribution is 6.30. The molecule has 2 unspecified atom stereocenters. The van der Waals surface area contributed by atoms with Crippen LogP contribution < -0.4 is 4.74 Å². The Hall–Kier alpha value is -1.78. The Morgan fingerprint density at radius 2 is 2.30 bits per heavy atom. The maximum Gasteiger partial charge on any atom is 0.246 e. The fourth-order valence-corrected chi connectivity index (χ4v) is 2.98. The summed E-state index contributed by atoms with van der Waals surface area (Å²) < 4.78 is 5.66. The lowest BCUT2D eigenvalue weighted by Gasteiger charge is -2.33. The Balaban J connectivity index is 1.67. The summed E-state index contributed by atoms with van der Waals surface area (Å²) in [7, 11) is 0. The molecule has 0 saturated carbocycles. The van der Waals surface area contributed by atoms with E-state index in [0.717, 1.165) is 23.3 Å². The second-order valence-electron chi connectivity index (χ2n) is 6.14. The Labute approximate surface area is 141 Å². The van der Waals surface area contributed by atoms with Gasteiger partial charge in [-0.3, -0.25) is 4.79 Å². The Morgan fingerprint density at radius 1 is 1.48 bits per heavy atom. The molecule has 0 aromatic heterocycles. The molecule has 2 heterocycles. The number of hydrogen-bond acceptors (Lipinski definition) is 3. The molecule has 0 spiro atoms. The molecule has 0 bridgehead atoms. The topological polar surface area (TPSA) is 49.8 Å². The van der Waals surface area contributed by atoms with E-state index < -0.39 is 6.10 Å². The van der Waals surface area contributed by atoms with E-state index in [1.165, 1.54) is 0 Å². The molecular weight excluding hydrogens is 314 g/mol. The van der Waals surface area contributed by atoms with Crippen LogP contribution in [0.15, 0.2) is 35.9 Å². The molecule has 3 rings (SSSR count). The molecule has 2 aliphatic heterocycles. The number of benzene rings is 1. The molecule has 4 nitrogen and oxygen atoms in total. The lowest BCUT2D eigenvalue weighted by atomic mass is 9.96. The van der Waals surface area contributed by atoms with E-state index in [4.69, 9.17) is 16.3 Å². The lowest BCUT2D eigenvalue weighted by Crippen LogP contribution is -2.45. The van der Waals surface area contributed by atoms with Crippen LogP contribution in [0, 0.1) is 5.92 Å². The van der Waals surface area contributed by atoms with Gasteiger partial charge in [-0.2, -0.15) is 0 Å². The molecule has 1 aromatic rings. The first-order valence-corrected chi connectivity index (χ1v) is 8.18. The van der Waals surface area contributed by atoms with E-state index in [-0.39, 0.29) is 11.8 Å². The van der Waals surface area contributed by atoms with Crippen molar-refractivity contribution in [3.63, 3.8) is 0 Å². The first kappa shape index (κ1) is 16.1. The number of β-amino-alcohol motifs (C(OH)–C–C–N with tert-alkyl or cyclic N) is 1. The molecule has 122 valence electrons. The van der Waals surface area contributed by atoms with Crippen molar-refractivity contribution in [1.82, 2.24) is 4.90 Å². The normalized spacial score (nSPS) is 24.1. The first-order chi connectivity index (χ1) is 11.0. The third-order valence-corrected chi connectivity index (χ3v) is 4.61. The van der Waals surface area contributed by atoms with Gasteiger partial charge in [-0.15, -0.1) is 0 Å². The summed E-state index contributed by atoms with van der Waals surface area (Å²) in [6.45, 7) is 3.53. The maximum atomic E-state index is 12.2. The highest BCUT2D eigenvalue weighted by Gasteiger charge is 2.26. The molecule has 0 aliphatic carbocycles. The summed E-state index contributed by atoms with van der Waals surface area (Å²) in [5.74, 6) is 0.971. The summed E-state index contributed by atoms with van der Waals surface area (Å²) in [6, 6.07) is 5.48. The molecule has 2 aliphatic rings. The number of likely N-dealkylation sites (tertiary alicyclic amines) is 1. The number of nitrogens with zero attached hydrogens (tertiary/aromatic N) is 1. The monoisotopic (exact) mass is 333 g/mol. The third-order valence-electron chi connectivity index (χ3n) is 4.38. The third kappa shape index (κ3) is 3.77. The Morgan fingerprint density at radius 3 is 3.09 bits per heavy atom. The molecule has 1 aromatic carbocycles. The second kappa shape index (κ2) is 6.77. The summed E-state index contributed by atoms with van der Waals surface area (Å²) in [5, 5.41) is 10.5. The van der Waals surface area contributed by atoms with Crippen molar-refractivity contribution in [2.45, 2.75) is 19.4 Å². The van der Waals surface area contributed by atoms with Crippen molar-refractivity contribution in [2.75, 3.05) is 19.7 Å². The molecule has 2 atom stereocenters. The zero-order valence-electron chi connectivity index (χ0n) is 13.0. The van der Waals surface area contributed by atoms with Crippen molar-refractivity contribution in [3.8, 4) is 5.75 Å². The van der Waals surface area contributed by atoms with Crippen molar-refractivity contribution in [1.29, 1.82) is 0 Å². The summed E-state index contributed by atoms with van der Waals surface area (Å²) >= 11 is 5.99. The van der Waals surface area contributed by atoms with Crippen molar-refractivity contribution >= 4 is 23.6 Å². The lowest BCUT2D eigenvalue weighted by molar-refractivity contribution is -0.130. The predicted molar refractivity (Wildman–Crippen MR) is 90.4 cm³/mol. The van der Waals surface area contributed by atoms with Gasteiger partial charge in [0.1, 0.15) is 12.4 Å². The smallest absolute Gasteiger partial charge is 0.246 e. The first-order valence-electron chi connectivity index (χ1n) is 7.81. The number of rotatable bonds is 2. The standard InChI is InChI=1S/C18H20ClNO3/c1-12-6-7-20(10-16(12)21)18(22)5-2-13-8-14-9-15(19)3-4-17(14)23-11-13/h2-5,8-9,12,16,21H,6-7,10-11H2,1H3/b5-2+. The number of hydrogen-bond donors (Lipinski definition) is 1. The maximum absolute atomic E-state index is 12.2. The van der Waals surface area contributed by atoms with E-state index >= 15 is 0 Å². The van der Waals surface area contributed by atoms with Crippen LogP contribution in [0.2, 0.25) is 5.02 Å². The van der Waals surface area contributed by atoms with Crippen molar-refractivity contribution in [3.05, 3.63) is 46.5 Å². The minimum atomic E-state index is -0.438. The molecule has 1 amide bonds. The Kier molecular flexibility index (Phi) is 4.74. The summed E-state index contributed by atoms with van der Waals surface area (Å²) in [4.78, 5) is 13.9. The number of carbonyl (C=O) groups excluding carboxylic acids is 1. The second-order valence-corrected chi connectivity index (χ2v) is 6.58. The number of fused-ring (bicyclic) bond motifs is 1. The highest BCUT2D eigenvalue weighted by atomic mass is 35.5. The van der Waals surface area contributed by atoms with Gasteiger partial charge in [0, 0.05) is 29.8 Å². The van der Waals surface area contributed by atoms with E-state index in [0.29, 0.717) is 24.7 Å². The SMILES string of the molecule is CC1CCN(C(=O)/C=C/C2=Cc3cc(Cl)ccc3OC2)CC1O. The van der Waals surface area contributed by atoms with Gasteiger partial charge in [-0.05, 0) is 42.2 Å². The molecule has 0 radical (unpaired) electrons.